The van der Waals surface area contributed by atoms with Crippen LogP contribution in [0, 0.1) is 47.3 Å². The Balaban J connectivity index is 0.990. The van der Waals surface area contributed by atoms with Crippen molar-refractivity contribution in [3.63, 3.8) is 0 Å². The molecule has 10 N–H and O–H groups in total. The second-order valence-corrected chi connectivity index (χ2v) is 27.1. The van der Waals surface area contributed by atoms with Crippen LogP contribution >= 0.6 is 0 Å². The van der Waals surface area contributed by atoms with E-state index in [4.69, 9.17) is 18.9 Å². The number of allylic oxidation sites excluding steroid dienone is 3. The van der Waals surface area contributed by atoms with E-state index in [-0.39, 0.29) is 58.5 Å². The van der Waals surface area contributed by atoms with Crippen LogP contribution in [0.1, 0.15) is 112 Å². The lowest BCUT2D eigenvalue weighted by Gasteiger charge is -2.60. The number of ether oxygens (including phenoxy) is 1. The molecule has 13 bridgehead atoms. The van der Waals surface area contributed by atoms with Crippen LogP contribution in [0.3, 0.4) is 0 Å². The minimum atomic E-state index is -2.59. The molecule has 17 atom stereocenters. The number of hydrogen-bond acceptors (Lipinski definition) is 14. The average molecular weight is 1170 g/mol. The van der Waals surface area contributed by atoms with Crippen LogP contribution in [-0.2, 0) is 33.8 Å². The van der Waals surface area contributed by atoms with E-state index in [1.165, 1.54) is 30.3 Å². The Morgan fingerprint density at radius 3 is 2.56 bits per heavy atom. The van der Waals surface area contributed by atoms with Crippen molar-refractivity contribution in [2.45, 2.75) is 164 Å². The molecule has 17 heteroatoms. The summed E-state index contributed by atoms with van der Waals surface area (Å²) in [5.41, 5.74) is 0.746. The zero-order chi connectivity index (χ0) is 59.3. The molecule has 11 heterocycles. The number of aliphatic hydroxyl groups is 5. The smallest absolute Gasteiger partial charge is 0.226 e. The number of amides is 1. The number of aryl methyl sites for hydroxylation is 2. The quantitative estimate of drug-likeness (QED) is 0.0434. The van der Waals surface area contributed by atoms with Crippen LogP contribution in [-0.4, -0.2) is 118 Å². The van der Waals surface area contributed by atoms with E-state index in [1.807, 2.05) is 12.1 Å². The minimum Gasteiger partial charge on any atom is -0.508 e. The molecule has 17 unspecified atom stereocenters. The summed E-state index contributed by atoms with van der Waals surface area (Å²) >= 11 is 0. The Bertz CT molecular complexity index is 3930. The third-order valence-corrected chi connectivity index (χ3v) is 22.6. The number of carbonyl (C=O) groups is 1. The highest BCUT2D eigenvalue weighted by molar-refractivity contribution is 5.94. The van der Waals surface area contributed by atoms with E-state index < -0.39 is 78.0 Å². The molecule has 1 saturated heterocycles. The molecule has 3 fully saturated rings. The molecule has 3 aromatic carbocycles. The fourth-order valence-electron chi connectivity index (χ4n) is 18.2. The van der Waals surface area contributed by atoms with Crippen molar-refractivity contribution >= 4 is 38.6 Å². The topological polar surface area (TPSA) is 261 Å². The Kier molecular flexibility index (Phi) is 13.4. The number of carbonyl (C=O) groups excluding carboxylic acids is 1. The number of rotatable bonds is 11. The van der Waals surface area contributed by atoms with Gasteiger partial charge in [-0.05, 0) is 147 Å². The normalized spacial score (nSPS) is 34.0. The first-order valence-corrected chi connectivity index (χ1v) is 31.5. The van der Waals surface area contributed by atoms with Gasteiger partial charge in [0, 0.05) is 89.2 Å². The zero-order valence-corrected chi connectivity index (χ0v) is 48.9. The van der Waals surface area contributed by atoms with Gasteiger partial charge in [0.15, 0.2) is 22.4 Å². The van der Waals surface area contributed by atoms with Crippen molar-refractivity contribution < 1.29 is 59.5 Å². The third-order valence-electron chi connectivity index (χ3n) is 22.6. The summed E-state index contributed by atoms with van der Waals surface area (Å²) in [6, 6.07) is 12.6. The van der Waals surface area contributed by atoms with Gasteiger partial charge in [-0.1, -0.05) is 69.2 Å². The number of aromatic hydroxyl groups is 2. The molecule has 0 radical (unpaired) electrons. The zero-order valence-electron chi connectivity index (χ0n) is 48.9. The number of phenolic OH excluding ortho intramolecular Hbond substituents is 2. The first kappa shape index (κ1) is 56.0. The molecule has 452 valence electrons. The Hall–Kier alpha value is -6.54. The van der Waals surface area contributed by atoms with Crippen LogP contribution in [0.25, 0.3) is 38.3 Å². The van der Waals surface area contributed by atoms with Crippen LogP contribution < -0.4 is 20.8 Å². The van der Waals surface area contributed by atoms with E-state index in [0.29, 0.717) is 75.4 Å². The molecule has 1 amide bonds. The molecule has 86 heavy (non-hydrogen) atoms. The Morgan fingerprint density at radius 2 is 1.77 bits per heavy atom. The van der Waals surface area contributed by atoms with Crippen LogP contribution in [0.5, 0.6) is 17.2 Å². The lowest BCUT2D eigenvalue weighted by molar-refractivity contribution is -0.398. The van der Waals surface area contributed by atoms with Crippen molar-refractivity contribution in [3.8, 4) is 22.9 Å². The number of aromatic amines is 1. The van der Waals surface area contributed by atoms with Gasteiger partial charge in [-0.2, -0.15) is 0 Å². The third kappa shape index (κ3) is 8.38. The standard InChI is InChI=1S/C69H78N4O13/c1-4-36-7-10-41(24-36)71-59-38-9-16-57(68(82,64(80)61(79)56(78)33-74)30-39-8-15-54(76)43-12-11-42(75)28-45(39)43)85-86-58-27-40-25-47-55(77)23-35(3)83-63(47)60-62(40)84-69(58)48(59)14-13-44(49(69)26-38)50-31-70-65(81)67(50)20-6-19-66(34-67)21-17-37(18-22-66)51-29-46-52(72-51)32-73(60)53(46)5-2/h8-9,11-17,21,23,25-26,28-29,32,36-37,41,44,48-50,56-59,61,64,71-72,74-76,78-80,82H,4-7,10,18-20,22,24,27,30-31,33-34H2,1-3H3,(H,70,81). The SMILES string of the molecule is CCc1c2cc3[nH]c2cn1-c1c2c(cc4c(=O)cc(C)oc14)CC1OOC(C(O)(Cc4ccc(O)c5ccc(O)cc45)C(O)C(O)C(O)CO)C=CC4=CC5C(C=CC(C4NC4CCC(CC)C4)C15O2)C1CNC(=O)C12CCCC1(C=CC3CC1)C2. The monoisotopic (exact) mass is 1170 g/mol. The number of benzene rings is 3. The van der Waals surface area contributed by atoms with Crippen molar-refractivity contribution in [3.05, 3.63) is 141 Å². The summed E-state index contributed by atoms with van der Waals surface area (Å²) < 4.78 is 17.2. The maximum Gasteiger partial charge on any atom is 0.226 e. The Labute approximate surface area is 498 Å². The van der Waals surface area contributed by atoms with Crippen molar-refractivity contribution in [2.24, 2.45) is 40.4 Å². The van der Waals surface area contributed by atoms with Gasteiger partial charge >= 0.3 is 0 Å². The highest BCUT2D eigenvalue weighted by atomic mass is 17.2. The maximum atomic E-state index is 15.1. The molecular formula is C69H78N4O13. The van der Waals surface area contributed by atoms with Crippen molar-refractivity contribution in [1.29, 1.82) is 0 Å². The van der Waals surface area contributed by atoms with Gasteiger partial charge in [0.2, 0.25) is 5.91 Å². The summed E-state index contributed by atoms with van der Waals surface area (Å²) in [7, 11) is 0. The molecule has 6 aromatic rings. The number of H-pyrrole nitrogens is 1. The van der Waals surface area contributed by atoms with E-state index in [9.17, 15) is 40.5 Å². The molecule has 3 spiro atoms. The molecular weight excluding hydrogens is 1090 g/mol. The predicted molar refractivity (Wildman–Crippen MR) is 322 cm³/mol. The van der Waals surface area contributed by atoms with E-state index in [1.54, 1.807) is 19.1 Å². The van der Waals surface area contributed by atoms with E-state index in [0.717, 1.165) is 85.7 Å². The Morgan fingerprint density at radius 1 is 0.907 bits per heavy atom. The number of nitrogens with zero attached hydrogens (tertiary/aromatic N) is 1. The number of fused-ring (bicyclic) bond motifs is 5. The fourth-order valence-corrected chi connectivity index (χ4v) is 18.2. The average Bonchev–Trinajstić information content (AvgIpc) is 0.959. The number of nitrogens with one attached hydrogen (secondary N) is 3. The second-order valence-electron chi connectivity index (χ2n) is 27.1. The van der Waals surface area contributed by atoms with Gasteiger partial charge in [-0.25, -0.2) is 9.78 Å². The number of phenols is 2. The summed E-state index contributed by atoms with van der Waals surface area (Å²) in [4.78, 5) is 47.5. The van der Waals surface area contributed by atoms with E-state index >= 15 is 4.79 Å². The van der Waals surface area contributed by atoms with Crippen LogP contribution in [0.4, 0.5) is 0 Å². The first-order chi connectivity index (χ1) is 41.5. The minimum absolute atomic E-state index is 0.0845. The lowest BCUT2D eigenvalue weighted by atomic mass is 9.49. The molecule has 3 aromatic heterocycles. The number of hydrogen-bond donors (Lipinski definition) is 10. The maximum absolute atomic E-state index is 15.1. The highest BCUT2D eigenvalue weighted by Gasteiger charge is 2.68. The van der Waals surface area contributed by atoms with Gasteiger partial charge in [0.1, 0.15) is 59.1 Å². The molecule has 17 nitrogen and oxygen atoms in total. The predicted octanol–water partition coefficient (Wildman–Crippen LogP) is 8.11. The lowest BCUT2D eigenvalue weighted by Crippen LogP contribution is -2.71. The van der Waals surface area contributed by atoms with Gasteiger partial charge in [-0.15, -0.1) is 0 Å². The molecule has 13 aliphatic rings. The molecule has 19 rings (SSSR count). The van der Waals surface area contributed by atoms with Gasteiger partial charge < -0.3 is 65.1 Å². The van der Waals surface area contributed by atoms with Crippen LogP contribution in [0.15, 0.2) is 112 Å². The summed E-state index contributed by atoms with van der Waals surface area (Å²) in [5.74, 6) is 0.0428. The van der Waals surface area contributed by atoms with Gasteiger partial charge in [0.25, 0.3) is 0 Å². The van der Waals surface area contributed by atoms with E-state index in [2.05, 4.69) is 76.7 Å². The van der Waals surface area contributed by atoms with Crippen molar-refractivity contribution in [2.75, 3.05) is 13.2 Å². The highest BCUT2D eigenvalue weighted by Crippen LogP contribution is 2.64. The number of aliphatic hydroxyl groups excluding tert-OH is 4. The first-order valence-electron chi connectivity index (χ1n) is 31.5. The second kappa shape index (κ2) is 20.5. The summed E-state index contributed by atoms with van der Waals surface area (Å²) in [6.07, 6.45) is 17.9. The molecule has 5 aliphatic carbocycles. The summed E-state index contributed by atoms with van der Waals surface area (Å²) in [6.45, 7) is 5.66. The number of aromatic nitrogens is 2. The van der Waals surface area contributed by atoms with Gasteiger partial charge in [0.05, 0.1) is 22.9 Å². The molecule has 2 saturated carbocycles. The fraction of sp³-hybridized carbons (Fsp3) is 0.507. The molecule has 8 aliphatic heterocycles. The van der Waals surface area contributed by atoms with Crippen LogP contribution in [0.2, 0.25) is 0 Å². The summed E-state index contributed by atoms with van der Waals surface area (Å²) in [5, 5.41) is 90.6. The van der Waals surface area contributed by atoms with Crippen molar-refractivity contribution in [1.82, 2.24) is 20.2 Å². The largest absolute Gasteiger partial charge is 0.508 e. The van der Waals surface area contributed by atoms with Gasteiger partial charge in [-0.3, -0.25) is 9.59 Å².